The van der Waals surface area contributed by atoms with Crippen LogP contribution >= 0.6 is 0 Å². The topological polar surface area (TPSA) is 112 Å². The van der Waals surface area contributed by atoms with Crippen LogP contribution in [0.2, 0.25) is 0 Å². The molecule has 1 saturated heterocycles. The van der Waals surface area contributed by atoms with Crippen molar-refractivity contribution in [3.8, 4) is 0 Å². The average molecular weight is 291 g/mol. The summed E-state index contributed by atoms with van der Waals surface area (Å²) >= 11 is 0. The molecule has 0 saturated carbocycles. The van der Waals surface area contributed by atoms with Crippen molar-refractivity contribution in [1.29, 1.82) is 0 Å². The smallest absolute Gasteiger partial charge is 0.272 e. The quantitative estimate of drug-likeness (QED) is 0.515. The van der Waals surface area contributed by atoms with Crippen LogP contribution in [0.5, 0.6) is 0 Å². The van der Waals surface area contributed by atoms with Crippen molar-refractivity contribution in [3.05, 3.63) is 24.7 Å². The third-order valence-corrected chi connectivity index (χ3v) is 3.31. The summed E-state index contributed by atoms with van der Waals surface area (Å²) in [6.45, 7) is 2.41. The second-order valence-electron chi connectivity index (χ2n) is 4.53. The molecule has 0 radical (unpaired) electrons. The zero-order valence-electron chi connectivity index (χ0n) is 10.4. The van der Waals surface area contributed by atoms with Gasteiger partial charge in [-0.25, -0.2) is 13.8 Å². The largest absolute Gasteiger partial charge is 0.393 e. The molecule has 2 aliphatic heterocycles. The van der Waals surface area contributed by atoms with E-state index in [0.717, 1.165) is 4.90 Å². The molecule has 7 nitrogen and oxygen atoms in total. The van der Waals surface area contributed by atoms with Gasteiger partial charge in [-0.3, -0.25) is 0 Å². The van der Waals surface area contributed by atoms with Crippen LogP contribution in [0.25, 0.3) is 0 Å². The van der Waals surface area contributed by atoms with Gasteiger partial charge in [0.15, 0.2) is 11.8 Å². The first-order valence-electron chi connectivity index (χ1n) is 5.76. The summed E-state index contributed by atoms with van der Waals surface area (Å²) in [7, 11) is 0. The Balaban J connectivity index is 2.28. The van der Waals surface area contributed by atoms with Crippen molar-refractivity contribution in [3.63, 3.8) is 0 Å². The van der Waals surface area contributed by atoms with Crippen molar-refractivity contribution in [2.75, 3.05) is 6.61 Å². The first-order chi connectivity index (χ1) is 9.33. The van der Waals surface area contributed by atoms with Crippen LogP contribution in [-0.4, -0.2) is 63.1 Å². The maximum atomic E-state index is 13.1. The van der Waals surface area contributed by atoms with Crippen LogP contribution in [0.4, 0.5) is 8.78 Å². The summed E-state index contributed by atoms with van der Waals surface area (Å²) in [5.74, 6) is 0.214. The summed E-state index contributed by atoms with van der Waals surface area (Å²) in [4.78, 5) is 4.96. The van der Waals surface area contributed by atoms with Crippen molar-refractivity contribution in [2.24, 2.45) is 10.7 Å². The summed E-state index contributed by atoms with van der Waals surface area (Å²) < 4.78 is 31.1. The predicted molar refractivity (Wildman–Crippen MR) is 64.4 cm³/mol. The molecule has 2 rings (SSSR count). The van der Waals surface area contributed by atoms with Gasteiger partial charge < -0.3 is 30.7 Å². The van der Waals surface area contributed by atoms with E-state index in [0.29, 0.717) is 0 Å². The van der Waals surface area contributed by atoms with E-state index in [2.05, 4.69) is 11.6 Å². The fourth-order valence-electron chi connectivity index (χ4n) is 2.13. The monoisotopic (exact) mass is 291 g/mol. The molecule has 0 amide bonds. The Morgan fingerprint density at radius 2 is 2.20 bits per heavy atom. The zero-order valence-corrected chi connectivity index (χ0v) is 10.4. The highest BCUT2D eigenvalue weighted by atomic mass is 19.3. The number of alkyl halides is 2. The van der Waals surface area contributed by atoms with Crippen LogP contribution in [0.3, 0.4) is 0 Å². The highest BCUT2D eigenvalue weighted by Gasteiger charge is 2.61. The molecule has 0 aliphatic carbocycles. The van der Waals surface area contributed by atoms with Gasteiger partial charge >= 0.3 is 0 Å². The first kappa shape index (κ1) is 14.9. The van der Waals surface area contributed by atoms with Gasteiger partial charge in [0, 0.05) is 6.20 Å². The zero-order chi connectivity index (χ0) is 15.1. The molecular weight excluding hydrogens is 276 g/mol. The van der Waals surface area contributed by atoms with Gasteiger partial charge in [-0.15, -0.1) is 0 Å². The summed E-state index contributed by atoms with van der Waals surface area (Å²) in [6, 6.07) is 0. The molecule has 5 N–H and O–H groups in total. The maximum Gasteiger partial charge on any atom is 0.272 e. The van der Waals surface area contributed by atoms with Gasteiger partial charge in [-0.2, -0.15) is 0 Å². The normalized spacial score (nSPS) is 37.7. The standard InChI is InChI=1S/C11H15F2N3O4/c1-5-15-6(14)2-3-16(5)9-7(18)8(19)11(4-17,20-9)10(12)13/h2-3,7-10,17-19H,1,4H2,(H2,14,15)/t7-,8-,9+,11+/m0/s1. The number of ether oxygens (including phenoxy) is 1. The van der Waals surface area contributed by atoms with E-state index >= 15 is 0 Å². The predicted octanol–water partition coefficient (Wildman–Crippen LogP) is -1.28. The van der Waals surface area contributed by atoms with E-state index < -0.39 is 37.1 Å². The molecule has 4 atom stereocenters. The molecule has 2 heterocycles. The molecule has 9 heteroatoms. The molecule has 0 aromatic heterocycles. The minimum absolute atomic E-state index is 0.0595. The van der Waals surface area contributed by atoms with Crippen LogP contribution in [0, 0.1) is 0 Å². The number of aliphatic hydroxyl groups excluding tert-OH is 3. The molecule has 20 heavy (non-hydrogen) atoms. The van der Waals surface area contributed by atoms with Crippen LogP contribution < -0.4 is 5.73 Å². The summed E-state index contributed by atoms with van der Waals surface area (Å²) in [6.07, 6.45) is -5.47. The van der Waals surface area contributed by atoms with E-state index in [1.807, 2.05) is 0 Å². The Kier molecular flexibility index (Phi) is 3.78. The lowest BCUT2D eigenvalue weighted by atomic mass is 9.96. The molecule has 112 valence electrons. The fraction of sp³-hybridized carbons (Fsp3) is 0.545. The Morgan fingerprint density at radius 3 is 2.65 bits per heavy atom. The molecule has 0 spiro atoms. The number of hydrogen-bond donors (Lipinski definition) is 4. The van der Waals surface area contributed by atoms with Crippen molar-refractivity contribution >= 4 is 5.84 Å². The maximum absolute atomic E-state index is 13.1. The number of hydrogen-bond acceptors (Lipinski definition) is 7. The van der Waals surface area contributed by atoms with Crippen LogP contribution in [0.1, 0.15) is 0 Å². The lowest BCUT2D eigenvalue weighted by Crippen LogP contribution is -2.52. The third-order valence-electron chi connectivity index (χ3n) is 3.31. The van der Waals surface area contributed by atoms with Crippen molar-refractivity contribution < 1.29 is 28.8 Å². The summed E-state index contributed by atoms with van der Waals surface area (Å²) in [5, 5.41) is 28.8. The van der Waals surface area contributed by atoms with Gasteiger partial charge in [-0.1, -0.05) is 6.58 Å². The van der Waals surface area contributed by atoms with E-state index in [4.69, 9.17) is 15.6 Å². The number of nitrogens with two attached hydrogens (primary N) is 1. The number of aliphatic imine (C=N–C) groups is 1. The van der Waals surface area contributed by atoms with E-state index in [1.165, 1.54) is 12.3 Å². The number of nitrogens with zero attached hydrogens (tertiary/aromatic N) is 2. The third kappa shape index (κ3) is 2.08. The molecule has 0 unspecified atom stereocenters. The number of aliphatic hydroxyl groups is 3. The molecule has 0 bridgehead atoms. The molecule has 1 fully saturated rings. The second-order valence-corrected chi connectivity index (χ2v) is 4.53. The van der Waals surface area contributed by atoms with Gasteiger partial charge in [0.1, 0.15) is 23.9 Å². The first-order valence-corrected chi connectivity index (χ1v) is 5.76. The number of rotatable bonds is 3. The SMILES string of the molecule is C=C1N=C(N)C=CN1[C@@H]1O[C@@](CO)(C(F)F)[C@@H](O)[C@@H]1O. The van der Waals surface area contributed by atoms with Crippen LogP contribution in [0.15, 0.2) is 29.7 Å². The molecule has 0 aromatic rings. The number of amidine groups is 1. The Morgan fingerprint density at radius 1 is 1.55 bits per heavy atom. The lowest BCUT2D eigenvalue weighted by molar-refractivity contribution is -0.198. The fourth-order valence-corrected chi connectivity index (χ4v) is 2.13. The van der Waals surface area contributed by atoms with E-state index in [-0.39, 0.29) is 11.7 Å². The molecule has 0 aromatic carbocycles. The lowest BCUT2D eigenvalue weighted by Gasteiger charge is -2.32. The van der Waals surface area contributed by atoms with Gasteiger partial charge in [0.05, 0.1) is 6.61 Å². The van der Waals surface area contributed by atoms with E-state index in [9.17, 15) is 19.0 Å². The van der Waals surface area contributed by atoms with Crippen LogP contribution in [-0.2, 0) is 4.74 Å². The Labute approximate surface area is 113 Å². The van der Waals surface area contributed by atoms with Crippen molar-refractivity contribution in [2.45, 2.75) is 30.5 Å². The minimum atomic E-state index is -3.18. The highest BCUT2D eigenvalue weighted by molar-refractivity contribution is 5.92. The van der Waals surface area contributed by atoms with Crippen molar-refractivity contribution in [1.82, 2.24) is 4.90 Å². The molecular formula is C11H15F2N3O4. The minimum Gasteiger partial charge on any atom is -0.393 e. The molecule has 2 aliphatic rings. The van der Waals surface area contributed by atoms with Gasteiger partial charge in [0.2, 0.25) is 0 Å². The Hall–Kier alpha value is -1.55. The van der Waals surface area contributed by atoms with Gasteiger partial charge in [0.25, 0.3) is 6.43 Å². The van der Waals surface area contributed by atoms with Gasteiger partial charge in [-0.05, 0) is 6.08 Å². The summed E-state index contributed by atoms with van der Waals surface area (Å²) in [5.41, 5.74) is 2.89. The second kappa shape index (κ2) is 5.09. The number of halogens is 2. The Bertz CT molecular complexity index is 471. The highest BCUT2D eigenvalue weighted by Crippen LogP contribution is 2.38. The van der Waals surface area contributed by atoms with E-state index in [1.54, 1.807) is 0 Å². The average Bonchev–Trinajstić information content (AvgIpc) is 2.64.